The highest BCUT2D eigenvalue weighted by molar-refractivity contribution is 6.09. The van der Waals surface area contributed by atoms with Crippen LogP contribution in [-0.2, 0) is 47.4 Å². The molecule has 3 aliphatic rings. The first kappa shape index (κ1) is 75.8. The average Bonchev–Trinajstić information content (AvgIpc) is 0.978. The summed E-state index contributed by atoms with van der Waals surface area (Å²) >= 11 is 0. The van der Waals surface area contributed by atoms with Crippen molar-refractivity contribution in [2.75, 3.05) is 13.2 Å². The Morgan fingerprint density at radius 1 is 0.345 bits per heavy atom. The predicted molar refractivity (Wildman–Crippen MR) is 344 cm³/mol. The average molecular weight is 1540 g/mol. The molecule has 42 heteroatoms. The van der Waals surface area contributed by atoms with Gasteiger partial charge in [0.2, 0.25) is 41.7 Å². The highest BCUT2D eigenvalue weighted by Crippen LogP contribution is 2.56. The zero-order chi connectivity index (χ0) is 80.2. The molecule has 0 amide bonds. The van der Waals surface area contributed by atoms with Gasteiger partial charge in [-0.05, 0) is 73.2 Å². The van der Waals surface area contributed by atoms with Gasteiger partial charge < -0.3 is 170 Å². The fraction of sp³-hybridized carbons (Fsp3) is 0.176. The molecule has 2 saturated heterocycles. The summed E-state index contributed by atoms with van der Waals surface area (Å²) in [6.07, 6.45) is -19.7. The molecule has 0 bridgehead atoms. The number of carbonyl (C=O) groups is 8. The molecule has 8 unspecified atom stereocenters. The molecule has 3 heterocycles. The first-order valence-electron chi connectivity index (χ1n) is 30.8. The number of esters is 8. The Labute approximate surface area is 607 Å². The first-order chi connectivity index (χ1) is 51.8. The van der Waals surface area contributed by atoms with E-state index >= 15 is 4.79 Å². The van der Waals surface area contributed by atoms with Crippen LogP contribution in [-0.4, -0.2) is 228 Å². The first-order valence-corrected chi connectivity index (χ1v) is 30.8. The van der Waals surface area contributed by atoms with Crippen LogP contribution in [0.15, 0.2) is 78.9 Å². The number of aromatic hydroxyl groups is 23. The minimum Gasteiger partial charge on any atom is -0.504 e. The van der Waals surface area contributed by atoms with E-state index in [9.17, 15) is 151 Å². The van der Waals surface area contributed by atoms with Crippen LogP contribution < -0.4 is 4.74 Å². The monoisotopic (exact) mass is 1540 g/mol. The summed E-state index contributed by atoms with van der Waals surface area (Å²) in [5, 5.41) is 244. The van der Waals surface area contributed by atoms with Crippen molar-refractivity contribution in [1.82, 2.24) is 0 Å². The van der Waals surface area contributed by atoms with E-state index in [2.05, 4.69) is 0 Å². The molecule has 42 nitrogen and oxygen atoms in total. The lowest BCUT2D eigenvalue weighted by molar-refractivity contribution is -0.282. The van der Waals surface area contributed by atoms with Gasteiger partial charge in [-0.3, -0.25) is 0 Å². The number of rotatable bonds is 15. The zero-order valence-corrected chi connectivity index (χ0v) is 54.5. The molecule has 0 spiro atoms. The maximum atomic E-state index is 15.4. The minimum atomic E-state index is -2.92. The summed E-state index contributed by atoms with van der Waals surface area (Å²) in [4.78, 5) is 115. The van der Waals surface area contributed by atoms with Gasteiger partial charge in [0, 0.05) is 29.7 Å². The molecule has 0 aliphatic carbocycles. The highest BCUT2D eigenvalue weighted by Gasteiger charge is 2.56. The lowest BCUT2D eigenvalue weighted by atomic mass is 9.92. The van der Waals surface area contributed by atoms with Gasteiger partial charge in [0.15, 0.2) is 133 Å². The van der Waals surface area contributed by atoms with Crippen LogP contribution in [0.1, 0.15) is 95.7 Å². The molecular weight excluding hydrogens is 1490 g/mol. The second-order valence-electron chi connectivity index (χ2n) is 23.7. The SMILES string of the molecule is O=C(OCC1OC(OC(=O)c2cc(O)c(O)c(O)c2)C(OC(=O)c2cc(O)c(O)c(O)c2)C(OC(=O)c2cc(O)c(O)c(O)c2)C1OC(=O)c1cc(O)c(O)c(O)c1Oc1cc2c(c(O)c1O)-c1c(cc(O)c(O)c1O)C(=O)OC1CCC(OC(=O)c3cc(O)c(O)c(O)c3)OC1COC2=O)c1cc(O)c(O)c(O)c1. The predicted octanol–water partition coefficient (Wildman–Crippen LogP) is 3.85. The van der Waals surface area contributed by atoms with Crippen LogP contribution in [0.2, 0.25) is 0 Å². The van der Waals surface area contributed by atoms with Crippen molar-refractivity contribution in [3.63, 3.8) is 0 Å². The van der Waals surface area contributed by atoms with Gasteiger partial charge >= 0.3 is 47.8 Å². The number of benzene rings is 8. The lowest BCUT2D eigenvalue weighted by Gasteiger charge is -2.44. The summed E-state index contributed by atoms with van der Waals surface area (Å²) in [6.45, 7) is -2.62. The molecule has 11 rings (SSSR count). The van der Waals surface area contributed by atoms with Crippen LogP contribution in [0, 0.1) is 0 Å². The van der Waals surface area contributed by atoms with E-state index in [1.165, 1.54) is 0 Å². The maximum absolute atomic E-state index is 15.4. The van der Waals surface area contributed by atoms with Gasteiger partial charge in [0.25, 0.3) is 0 Å². The van der Waals surface area contributed by atoms with Crippen molar-refractivity contribution < 1.29 is 208 Å². The minimum absolute atomic E-state index is 0.168. The second-order valence-corrected chi connectivity index (χ2v) is 23.7. The number of hydrogen-bond donors (Lipinski definition) is 23. The Bertz CT molecular complexity index is 5080. The van der Waals surface area contributed by atoms with Crippen LogP contribution in [0.5, 0.6) is 144 Å². The van der Waals surface area contributed by atoms with E-state index in [1.54, 1.807) is 0 Å². The van der Waals surface area contributed by atoms with Crippen LogP contribution in [0.25, 0.3) is 11.1 Å². The van der Waals surface area contributed by atoms with E-state index in [-0.39, 0.29) is 18.9 Å². The molecule has 0 aromatic heterocycles. The molecular formula is C68H52O42. The van der Waals surface area contributed by atoms with Crippen molar-refractivity contribution in [3.8, 4) is 155 Å². The lowest BCUT2D eigenvalue weighted by Crippen LogP contribution is -2.63. The number of hydrogen-bond acceptors (Lipinski definition) is 42. The summed E-state index contributed by atoms with van der Waals surface area (Å²) in [7, 11) is 0. The van der Waals surface area contributed by atoms with Crippen molar-refractivity contribution in [3.05, 3.63) is 123 Å². The second kappa shape index (κ2) is 29.3. The maximum Gasteiger partial charge on any atom is 0.342 e. The molecule has 3 aliphatic heterocycles. The molecule has 2 fully saturated rings. The summed E-state index contributed by atoms with van der Waals surface area (Å²) in [5.74, 6) is -47.4. The Kier molecular flexibility index (Phi) is 20.2. The van der Waals surface area contributed by atoms with E-state index in [1.807, 2.05) is 0 Å². The Hall–Kier alpha value is -15.4. The third-order valence-corrected chi connectivity index (χ3v) is 16.6. The summed E-state index contributed by atoms with van der Waals surface area (Å²) < 4.78 is 62.1. The van der Waals surface area contributed by atoms with Gasteiger partial charge in [0.05, 0.1) is 38.9 Å². The van der Waals surface area contributed by atoms with E-state index < -0.39 is 310 Å². The van der Waals surface area contributed by atoms with Crippen LogP contribution >= 0.6 is 0 Å². The number of fused-ring (bicyclic) bond motifs is 4. The van der Waals surface area contributed by atoms with Crippen molar-refractivity contribution in [2.24, 2.45) is 0 Å². The molecule has 8 aromatic rings. The van der Waals surface area contributed by atoms with E-state index in [0.717, 1.165) is 0 Å². The summed E-state index contributed by atoms with van der Waals surface area (Å²) in [6, 6.07) is 5.92. The largest absolute Gasteiger partial charge is 0.504 e. The Balaban J connectivity index is 1.04. The molecule has 0 radical (unpaired) electrons. The zero-order valence-electron chi connectivity index (χ0n) is 54.5. The molecule has 23 N–H and O–H groups in total. The fourth-order valence-corrected chi connectivity index (χ4v) is 11.1. The number of phenols is 23. The topological polar surface area (TPSA) is 703 Å². The number of phenolic OH excluding ortho intramolecular Hbond substituents is 23. The standard InChI is InChI=1S/C68H52O42/c69-26-3-18(4-27(70)45(26)81)60(92)100-17-41-57(58(108-62(94)20-7-30(73)47(83)31(74)8-20)59(109-63(95)21-9-32(75)48(84)33(76)10-21)68(105-41)110-64(96)22-11-34(77)49(85)35(78)12-22)107-67(99)25-14-37(80)51(87)55(91)56(25)103-39-15-24-44(54(90)52(39)88)43-23(13-36(79)50(86)53(43)89)66(98)104-38-1-2-42(102-40(38)16-101-65(24)97)106-61(93)19-5-28(71)46(82)29(72)6-19/h3-15,38,40-42,57-59,68-91H,1-2,16-17H2. The van der Waals surface area contributed by atoms with E-state index in [0.29, 0.717) is 72.8 Å². The van der Waals surface area contributed by atoms with Crippen LogP contribution in [0.3, 0.4) is 0 Å². The molecule has 0 saturated carbocycles. The summed E-state index contributed by atoms with van der Waals surface area (Å²) in [5.41, 5.74) is -10.4. The third-order valence-electron chi connectivity index (χ3n) is 16.6. The van der Waals surface area contributed by atoms with Crippen molar-refractivity contribution >= 4 is 47.8 Å². The van der Waals surface area contributed by atoms with Gasteiger partial charge in [-0.1, -0.05) is 0 Å². The number of cyclic esters (lactones) is 1. The van der Waals surface area contributed by atoms with Gasteiger partial charge in [-0.2, -0.15) is 0 Å². The van der Waals surface area contributed by atoms with Crippen LogP contribution in [0.4, 0.5) is 0 Å². The van der Waals surface area contributed by atoms with Gasteiger partial charge in [-0.25, -0.2) is 38.4 Å². The Morgan fingerprint density at radius 2 is 0.727 bits per heavy atom. The van der Waals surface area contributed by atoms with Crippen molar-refractivity contribution in [1.29, 1.82) is 0 Å². The fourth-order valence-electron chi connectivity index (χ4n) is 11.1. The molecule has 576 valence electrons. The van der Waals surface area contributed by atoms with Gasteiger partial charge in [0.1, 0.15) is 37.1 Å². The highest BCUT2D eigenvalue weighted by atomic mass is 16.8. The smallest absolute Gasteiger partial charge is 0.342 e. The van der Waals surface area contributed by atoms with Crippen molar-refractivity contribution in [2.45, 2.75) is 62.0 Å². The molecule has 8 aromatic carbocycles. The molecule has 110 heavy (non-hydrogen) atoms. The van der Waals surface area contributed by atoms with Gasteiger partial charge in [-0.15, -0.1) is 0 Å². The quantitative estimate of drug-likeness (QED) is 0.0394. The normalized spacial score (nSPS) is 18.7. The third kappa shape index (κ3) is 14.5. The molecule has 8 atom stereocenters. The van der Waals surface area contributed by atoms with E-state index in [4.69, 9.17) is 52.1 Å². The Morgan fingerprint density at radius 3 is 1.20 bits per heavy atom. The number of carbonyl (C=O) groups excluding carboxylic acids is 8. The number of ether oxygens (including phenoxy) is 11.